The molecule has 3 atom stereocenters. The lowest BCUT2D eigenvalue weighted by atomic mass is 10.1. The van der Waals surface area contributed by atoms with Crippen LogP contribution in [0.3, 0.4) is 0 Å². The number of hydrogen-bond acceptors (Lipinski definition) is 4. The van der Waals surface area contributed by atoms with Crippen LogP contribution in [-0.4, -0.2) is 76.9 Å². The van der Waals surface area contributed by atoms with Gasteiger partial charge in [0.15, 0.2) is 0 Å². The average molecular weight is 396 g/mol. The molecule has 0 aromatic carbocycles. The van der Waals surface area contributed by atoms with Crippen LogP contribution < -0.4 is 10.6 Å². The van der Waals surface area contributed by atoms with Gasteiger partial charge in [0.25, 0.3) is 0 Å². The van der Waals surface area contributed by atoms with Crippen LogP contribution in [0.2, 0.25) is 0 Å². The zero-order valence-corrected chi connectivity index (χ0v) is 16.5. The van der Waals surface area contributed by atoms with E-state index >= 15 is 0 Å². The molecule has 156 valence electrons. The Hall–Kier alpha value is -2.19. The summed E-state index contributed by atoms with van der Waals surface area (Å²) < 4.78 is 14.0. The Bertz CT molecular complexity index is 666. The highest BCUT2D eigenvalue weighted by Gasteiger charge is 2.46. The Labute approximate surface area is 164 Å². The fraction of sp³-hybridized carbons (Fsp3) is 0.789. The lowest BCUT2D eigenvalue weighted by Crippen LogP contribution is -2.51. The van der Waals surface area contributed by atoms with E-state index in [1.54, 1.807) is 4.90 Å². The Morgan fingerprint density at radius 2 is 1.86 bits per heavy atom. The summed E-state index contributed by atoms with van der Waals surface area (Å²) in [4.78, 5) is 51.2. The molecule has 3 rings (SSSR count). The maximum atomic E-state index is 14.0. The summed E-state index contributed by atoms with van der Waals surface area (Å²) >= 11 is 0. The van der Waals surface area contributed by atoms with E-state index in [4.69, 9.17) is 0 Å². The molecule has 2 saturated heterocycles. The summed E-state index contributed by atoms with van der Waals surface area (Å²) in [5, 5.41) is 5.61. The van der Waals surface area contributed by atoms with Crippen molar-refractivity contribution in [1.29, 1.82) is 0 Å². The number of likely N-dealkylation sites (tertiary alicyclic amines) is 2. The fourth-order valence-electron chi connectivity index (χ4n) is 4.39. The fourth-order valence-corrected chi connectivity index (χ4v) is 4.39. The molecule has 1 saturated carbocycles. The first-order valence-corrected chi connectivity index (χ1v) is 9.98. The maximum absolute atomic E-state index is 14.0. The van der Waals surface area contributed by atoms with Crippen molar-refractivity contribution in [2.45, 2.75) is 76.2 Å². The Kier molecular flexibility index (Phi) is 5.90. The summed E-state index contributed by atoms with van der Waals surface area (Å²) in [6, 6.07) is -0.952. The smallest absolute Gasteiger partial charge is 0.245 e. The first-order chi connectivity index (χ1) is 13.2. The number of rotatable bonds is 6. The van der Waals surface area contributed by atoms with Crippen molar-refractivity contribution in [3.05, 3.63) is 0 Å². The molecular formula is C19H29FN4O4. The van der Waals surface area contributed by atoms with E-state index in [9.17, 15) is 23.6 Å². The molecule has 2 heterocycles. The minimum Gasteiger partial charge on any atom is -0.354 e. The summed E-state index contributed by atoms with van der Waals surface area (Å²) in [6.07, 6.45) is 2.11. The van der Waals surface area contributed by atoms with E-state index in [0.717, 1.165) is 19.3 Å². The van der Waals surface area contributed by atoms with Crippen LogP contribution in [0.25, 0.3) is 0 Å². The standard InChI is InChI=1S/C19H29FN4O4/c1-12(25)22-19(5-6-19)9-17(27)21-10-15-8-14(20)11-24(15)18(28)16-4-3-7-23(16)13(2)26/h14-16H,3-11H2,1-2H3,(H,21,27)(H,22,25)/t14-,15-,16-/m0/s1. The van der Waals surface area contributed by atoms with Crippen molar-refractivity contribution in [1.82, 2.24) is 20.4 Å². The summed E-state index contributed by atoms with van der Waals surface area (Å²) in [6.45, 7) is 3.58. The highest BCUT2D eigenvalue weighted by atomic mass is 19.1. The predicted octanol–water partition coefficient (Wildman–Crippen LogP) is 0.111. The third-order valence-electron chi connectivity index (χ3n) is 5.92. The first-order valence-electron chi connectivity index (χ1n) is 9.98. The van der Waals surface area contributed by atoms with Gasteiger partial charge in [0, 0.05) is 45.3 Å². The van der Waals surface area contributed by atoms with Gasteiger partial charge in [0.2, 0.25) is 23.6 Å². The normalized spacial score (nSPS) is 28.2. The number of nitrogens with zero attached hydrogens (tertiary/aromatic N) is 2. The summed E-state index contributed by atoms with van der Waals surface area (Å²) in [5.74, 6) is -0.759. The monoisotopic (exact) mass is 396 g/mol. The second-order valence-corrected chi connectivity index (χ2v) is 8.29. The van der Waals surface area contributed by atoms with Gasteiger partial charge in [-0.15, -0.1) is 0 Å². The van der Waals surface area contributed by atoms with Gasteiger partial charge in [0.1, 0.15) is 12.2 Å². The third-order valence-corrected chi connectivity index (χ3v) is 5.92. The minimum absolute atomic E-state index is 0.00253. The number of amides is 4. The SMILES string of the molecule is CC(=O)NC1(CC(=O)NC[C@@H]2C[C@H](F)CN2C(=O)[C@@H]2CCCN2C(C)=O)CC1. The minimum atomic E-state index is -1.13. The summed E-state index contributed by atoms with van der Waals surface area (Å²) in [5.41, 5.74) is -0.449. The largest absolute Gasteiger partial charge is 0.354 e. The highest BCUT2D eigenvalue weighted by molar-refractivity contribution is 5.88. The molecule has 4 amide bonds. The van der Waals surface area contributed by atoms with Gasteiger partial charge in [0.05, 0.1) is 12.6 Å². The summed E-state index contributed by atoms with van der Waals surface area (Å²) in [7, 11) is 0. The van der Waals surface area contributed by atoms with Crippen molar-refractivity contribution < 1.29 is 23.6 Å². The maximum Gasteiger partial charge on any atom is 0.245 e. The van der Waals surface area contributed by atoms with Crippen LogP contribution in [-0.2, 0) is 19.2 Å². The van der Waals surface area contributed by atoms with Crippen LogP contribution in [0.5, 0.6) is 0 Å². The molecular weight excluding hydrogens is 367 g/mol. The zero-order valence-electron chi connectivity index (χ0n) is 16.5. The van der Waals surface area contributed by atoms with Crippen molar-refractivity contribution in [2.75, 3.05) is 19.6 Å². The van der Waals surface area contributed by atoms with E-state index in [1.165, 1.54) is 18.7 Å². The van der Waals surface area contributed by atoms with Crippen LogP contribution in [0.4, 0.5) is 4.39 Å². The molecule has 28 heavy (non-hydrogen) atoms. The van der Waals surface area contributed by atoms with E-state index < -0.39 is 23.8 Å². The third kappa shape index (κ3) is 4.62. The van der Waals surface area contributed by atoms with Gasteiger partial charge in [-0.2, -0.15) is 0 Å². The molecule has 0 bridgehead atoms. The molecule has 2 N–H and O–H groups in total. The molecule has 0 aromatic heterocycles. The lowest BCUT2D eigenvalue weighted by molar-refractivity contribution is -0.143. The lowest BCUT2D eigenvalue weighted by Gasteiger charge is -2.31. The molecule has 1 aliphatic carbocycles. The molecule has 0 unspecified atom stereocenters. The number of nitrogens with one attached hydrogen (secondary N) is 2. The number of carbonyl (C=O) groups excluding carboxylic acids is 4. The van der Waals surface area contributed by atoms with Crippen molar-refractivity contribution in [3.63, 3.8) is 0 Å². The number of carbonyl (C=O) groups is 4. The number of hydrogen-bond donors (Lipinski definition) is 2. The first kappa shape index (κ1) is 20.5. The Morgan fingerprint density at radius 1 is 1.14 bits per heavy atom. The molecule has 9 heteroatoms. The zero-order chi connectivity index (χ0) is 20.5. The van der Waals surface area contributed by atoms with Crippen LogP contribution in [0.15, 0.2) is 0 Å². The van der Waals surface area contributed by atoms with Crippen molar-refractivity contribution >= 4 is 23.6 Å². The van der Waals surface area contributed by atoms with Gasteiger partial charge in [-0.25, -0.2) is 4.39 Å². The molecule has 0 spiro atoms. The molecule has 0 radical (unpaired) electrons. The molecule has 2 aliphatic heterocycles. The number of halogens is 1. The van der Waals surface area contributed by atoms with Gasteiger partial charge >= 0.3 is 0 Å². The van der Waals surface area contributed by atoms with Crippen molar-refractivity contribution in [3.8, 4) is 0 Å². The van der Waals surface area contributed by atoms with E-state index in [-0.39, 0.29) is 49.6 Å². The topological polar surface area (TPSA) is 98.8 Å². The molecule has 3 fully saturated rings. The van der Waals surface area contributed by atoms with Crippen LogP contribution >= 0.6 is 0 Å². The second-order valence-electron chi connectivity index (χ2n) is 8.29. The van der Waals surface area contributed by atoms with Crippen molar-refractivity contribution in [2.24, 2.45) is 0 Å². The van der Waals surface area contributed by atoms with Crippen LogP contribution in [0, 0.1) is 0 Å². The Balaban J connectivity index is 1.55. The predicted molar refractivity (Wildman–Crippen MR) is 98.8 cm³/mol. The van der Waals surface area contributed by atoms with Gasteiger partial charge in [-0.05, 0) is 25.7 Å². The molecule has 8 nitrogen and oxygen atoms in total. The molecule has 3 aliphatic rings. The van der Waals surface area contributed by atoms with E-state index in [1.807, 2.05) is 0 Å². The Morgan fingerprint density at radius 3 is 2.46 bits per heavy atom. The van der Waals surface area contributed by atoms with E-state index in [2.05, 4.69) is 10.6 Å². The van der Waals surface area contributed by atoms with Crippen LogP contribution in [0.1, 0.15) is 52.4 Å². The van der Waals surface area contributed by atoms with Gasteiger partial charge in [-0.3, -0.25) is 19.2 Å². The quantitative estimate of drug-likeness (QED) is 0.666. The number of alkyl halides is 1. The van der Waals surface area contributed by atoms with E-state index in [0.29, 0.717) is 13.0 Å². The highest BCUT2D eigenvalue weighted by Crippen LogP contribution is 2.38. The van der Waals surface area contributed by atoms with Gasteiger partial charge < -0.3 is 20.4 Å². The molecule has 0 aromatic rings. The average Bonchev–Trinajstić information content (AvgIpc) is 3.05. The van der Waals surface area contributed by atoms with Gasteiger partial charge in [-0.1, -0.05) is 0 Å². The second kappa shape index (κ2) is 8.05.